The first kappa shape index (κ1) is 8.06. The van der Waals surface area contributed by atoms with Crippen LogP contribution in [0.5, 0.6) is 0 Å². The SMILES string of the molecule is CC[C@H]1CC[C@H](OC)[C@H]1C. The van der Waals surface area contributed by atoms with Crippen molar-refractivity contribution < 1.29 is 4.74 Å². The normalized spacial score (nSPS) is 40.5. The Labute approximate surface area is 63.8 Å². The number of rotatable bonds is 2. The molecule has 0 aromatic heterocycles. The fraction of sp³-hybridized carbons (Fsp3) is 1.00. The first-order chi connectivity index (χ1) is 4.79. The Balaban J connectivity index is 2.41. The lowest BCUT2D eigenvalue weighted by Crippen LogP contribution is -2.17. The summed E-state index contributed by atoms with van der Waals surface area (Å²) >= 11 is 0. The van der Waals surface area contributed by atoms with Crippen molar-refractivity contribution in [2.45, 2.75) is 39.2 Å². The molecule has 0 aromatic carbocycles. The van der Waals surface area contributed by atoms with E-state index in [1.165, 1.54) is 19.3 Å². The topological polar surface area (TPSA) is 9.23 Å². The highest BCUT2D eigenvalue weighted by atomic mass is 16.5. The van der Waals surface area contributed by atoms with E-state index < -0.39 is 0 Å². The van der Waals surface area contributed by atoms with E-state index in [-0.39, 0.29) is 0 Å². The number of ether oxygens (including phenoxy) is 1. The van der Waals surface area contributed by atoms with Gasteiger partial charge in [-0.2, -0.15) is 0 Å². The van der Waals surface area contributed by atoms with Gasteiger partial charge in [-0.1, -0.05) is 20.3 Å². The fourth-order valence-corrected chi connectivity index (χ4v) is 2.12. The summed E-state index contributed by atoms with van der Waals surface area (Å²) in [5.74, 6) is 1.71. The Morgan fingerprint density at radius 1 is 1.40 bits per heavy atom. The van der Waals surface area contributed by atoms with Crippen LogP contribution < -0.4 is 0 Å². The van der Waals surface area contributed by atoms with Crippen molar-refractivity contribution in [3.05, 3.63) is 0 Å². The lowest BCUT2D eigenvalue weighted by atomic mass is 9.95. The van der Waals surface area contributed by atoms with Crippen LogP contribution in [0.15, 0.2) is 0 Å². The van der Waals surface area contributed by atoms with Crippen molar-refractivity contribution >= 4 is 0 Å². The lowest BCUT2D eigenvalue weighted by Gasteiger charge is -2.17. The van der Waals surface area contributed by atoms with Gasteiger partial charge in [0, 0.05) is 7.11 Å². The molecule has 0 saturated heterocycles. The molecule has 1 rings (SSSR count). The van der Waals surface area contributed by atoms with Crippen LogP contribution in [-0.4, -0.2) is 13.2 Å². The summed E-state index contributed by atoms with van der Waals surface area (Å²) < 4.78 is 5.36. The largest absolute Gasteiger partial charge is 0.381 e. The highest BCUT2D eigenvalue weighted by molar-refractivity contribution is 4.81. The molecule has 0 spiro atoms. The molecule has 1 nitrogen and oxygen atoms in total. The zero-order valence-corrected chi connectivity index (χ0v) is 7.26. The van der Waals surface area contributed by atoms with E-state index in [2.05, 4.69) is 13.8 Å². The maximum absolute atomic E-state index is 5.36. The Kier molecular flexibility index (Phi) is 2.72. The van der Waals surface area contributed by atoms with Crippen molar-refractivity contribution in [1.82, 2.24) is 0 Å². The van der Waals surface area contributed by atoms with Crippen LogP contribution in [0.2, 0.25) is 0 Å². The molecule has 0 radical (unpaired) electrons. The number of hydrogen-bond acceptors (Lipinski definition) is 1. The van der Waals surface area contributed by atoms with Gasteiger partial charge in [0.2, 0.25) is 0 Å². The van der Waals surface area contributed by atoms with E-state index in [4.69, 9.17) is 4.74 Å². The van der Waals surface area contributed by atoms with Gasteiger partial charge in [0.1, 0.15) is 0 Å². The monoisotopic (exact) mass is 142 g/mol. The third-order valence-corrected chi connectivity index (χ3v) is 2.98. The van der Waals surface area contributed by atoms with Gasteiger partial charge in [-0.15, -0.1) is 0 Å². The summed E-state index contributed by atoms with van der Waals surface area (Å²) in [5, 5.41) is 0. The van der Waals surface area contributed by atoms with Crippen molar-refractivity contribution in [1.29, 1.82) is 0 Å². The van der Waals surface area contributed by atoms with Crippen LogP contribution in [0.4, 0.5) is 0 Å². The highest BCUT2D eigenvalue weighted by Crippen LogP contribution is 2.35. The van der Waals surface area contributed by atoms with Gasteiger partial charge in [0.15, 0.2) is 0 Å². The molecule has 0 heterocycles. The Hall–Kier alpha value is -0.0400. The van der Waals surface area contributed by atoms with E-state index >= 15 is 0 Å². The highest BCUT2D eigenvalue weighted by Gasteiger charge is 2.30. The second-order valence-electron chi connectivity index (χ2n) is 3.38. The first-order valence-electron chi connectivity index (χ1n) is 4.32. The van der Waals surface area contributed by atoms with Gasteiger partial charge in [0.25, 0.3) is 0 Å². The van der Waals surface area contributed by atoms with Gasteiger partial charge >= 0.3 is 0 Å². The molecule has 1 aliphatic carbocycles. The maximum atomic E-state index is 5.36. The summed E-state index contributed by atoms with van der Waals surface area (Å²) in [6.07, 6.45) is 4.51. The third kappa shape index (κ3) is 1.34. The van der Waals surface area contributed by atoms with E-state index in [0.29, 0.717) is 6.10 Å². The molecular formula is C9H18O. The van der Waals surface area contributed by atoms with E-state index in [9.17, 15) is 0 Å². The average Bonchev–Trinajstić information content (AvgIpc) is 2.30. The van der Waals surface area contributed by atoms with E-state index in [1.54, 1.807) is 0 Å². The molecule has 1 heteroatoms. The first-order valence-corrected chi connectivity index (χ1v) is 4.32. The second kappa shape index (κ2) is 3.38. The smallest absolute Gasteiger partial charge is 0.0599 e. The minimum atomic E-state index is 0.546. The molecule has 3 atom stereocenters. The molecule has 1 fully saturated rings. The number of hydrogen-bond donors (Lipinski definition) is 0. The van der Waals surface area contributed by atoms with Gasteiger partial charge in [-0.25, -0.2) is 0 Å². The van der Waals surface area contributed by atoms with E-state index in [0.717, 1.165) is 11.8 Å². The molecule has 0 N–H and O–H groups in total. The maximum Gasteiger partial charge on any atom is 0.0599 e. The molecule has 0 unspecified atom stereocenters. The summed E-state index contributed by atoms with van der Waals surface area (Å²) in [6.45, 7) is 4.59. The van der Waals surface area contributed by atoms with Crippen molar-refractivity contribution in [2.24, 2.45) is 11.8 Å². The standard InChI is InChI=1S/C9H18O/c1-4-8-5-6-9(10-3)7(8)2/h7-9H,4-6H2,1-3H3/t7-,8-,9-/m0/s1. The van der Waals surface area contributed by atoms with Gasteiger partial charge in [0.05, 0.1) is 6.10 Å². The van der Waals surface area contributed by atoms with Crippen LogP contribution in [0, 0.1) is 11.8 Å². The van der Waals surface area contributed by atoms with Crippen LogP contribution in [0.3, 0.4) is 0 Å². The number of methoxy groups -OCH3 is 1. The molecular weight excluding hydrogens is 124 g/mol. The lowest BCUT2D eigenvalue weighted by molar-refractivity contribution is 0.0679. The molecule has 10 heavy (non-hydrogen) atoms. The molecule has 1 aliphatic rings. The molecule has 60 valence electrons. The van der Waals surface area contributed by atoms with E-state index in [1.807, 2.05) is 7.11 Å². The van der Waals surface area contributed by atoms with Crippen molar-refractivity contribution in [3.8, 4) is 0 Å². The molecule has 0 aliphatic heterocycles. The summed E-state index contributed by atoms with van der Waals surface area (Å²) in [5.41, 5.74) is 0. The Morgan fingerprint density at radius 3 is 2.40 bits per heavy atom. The average molecular weight is 142 g/mol. The minimum absolute atomic E-state index is 0.546. The molecule has 0 aromatic rings. The molecule has 0 amide bonds. The zero-order chi connectivity index (χ0) is 7.56. The van der Waals surface area contributed by atoms with Crippen molar-refractivity contribution in [3.63, 3.8) is 0 Å². The van der Waals surface area contributed by atoms with Crippen LogP contribution in [0.25, 0.3) is 0 Å². The predicted molar refractivity (Wildman–Crippen MR) is 43.0 cm³/mol. The van der Waals surface area contributed by atoms with Crippen LogP contribution >= 0.6 is 0 Å². The van der Waals surface area contributed by atoms with Gasteiger partial charge < -0.3 is 4.74 Å². The van der Waals surface area contributed by atoms with Gasteiger partial charge in [-0.05, 0) is 24.7 Å². The second-order valence-corrected chi connectivity index (χ2v) is 3.38. The molecule has 1 saturated carbocycles. The minimum Gasteiger partial charge on any atom is -0.381 e. The Bertz CT molecular complexity index is 88.9. The Morgan fingerprint density at radius 2 is 2.10 bits per heavy atom. The quantitative estimate of drug-likeness (QED) is 0.575. The summed E-state index contributed by atoms with van der Waals surface area (Å²) in [7, 11) is 1.83. The summed E-state index contributed by atoms with van der Waals surface area (Å²) in [4.78, 5) is 0. The van der Waals surface area contributed by atoms with Gasteiger partial charge in [-0.3, -0.25) is 0 Å². The third-order valence-electron chi connectivity index (χ3n) is 2.98. The fourth-order valence-electron chi connectivity index (χ4n) is 2.12. The summed E-state index contributed by atoms with van der Waals surface area (Å²) in [6, 6.07) is 0. The molecule has 0 bridgehead atoms. The van der Waals surface area contributed by atoms with Crippen LogP contribution in [-0.2, 0) is 4.74 Å². The van der Waals surface area contributed by atoms with Crippen LogP contribution in [0.1, 0.15) is 33.1 Å². The van der Waals surface area contributed by atoms with Crippen molar-refractivity contribution in [2.75, 3.05) is 7.11 Å². The zero-order valence-electron chi connectivity index (χ0n) is 7.26. The predicted octanol–water partition coefficient (Wildman–Crippen LogP) is 2.46.